The molecule has 0 spiro atoms. The van der Waals surface area contributed by atoms with E-state index in [1.165, 1.54) is 0 Å². The molecule has 2 rings (SSSR count). The first-order valence-corrected chi connectivity index (χ1v) is 3.28. The highest BCUT2D eigenvalue weighted by molar-refractivity contribution is 6.01. The standard InChI is InChI=1S/C8H6N2O/c11-8-6-3-1-2-4-7(6)9-5-10-8/h1-4,9H,(H,10,11). The maximum absolute atomic E-state index is 11.1. The third-order valence-corrected chi connectivity index (χ3v) is 1.54. The Hall–Kier alpha value is -1.51. The van der Waals surface area contributed by atoms with Gasteiger partial charge in [-0.1, -0.05) is 12.1 Å². The summed E-state index contributed by atoms with van der Waals surface area (Å²) >= 11 is 0. The molecular formula is C8H6N2O. The fourth-order valence-electron chi connectivity index (χ4n) is 1.01. The molecule has 3 nitrogen and oxygen atoms in total. The van der Waals surface area contributed by atoms with E-state index in [0.717, 1.165) is 5.69 Å². The second-order valence-corrected chi connectivity index (χ2v) is 2.25. The maximum atomic E-state index is 11.1. The van der Waals surface area contributed by atoms with Crippen molar-refractivity contribution in [2.45, 2.75) is 0 Å². The van der Waals surface area contributed by atoms with E-state index in [2.05, 4.69) is 17.3 Å². The van der Waals surface area contributed by atoms with Gasteiger partial charge in [0.15, 0.2) is 0 Å². The second kappa shape index (κ2) is 2.27. The first kappa shape index (κ1) is 6.22. The fraction of sp³-hybridized carbons (Fsp3) is 0. The zero-order chi connectivity index (χ0) is 7.68. The number of carbonyl (C=O) groups excluding carboxylic acids is 1. The number of nitrogens with one attached hydrogen (secondary N) is 2. The molecule has 2 radical (unpaired) electrons. The van der Waals surface area contributed by atoms with Gasteiger partial charge in [-0.05, 0) is 12.1 Å². The Morgan fingerprint density at radius 2 is 2.00 bits per heavy atom. The van der Waals surface area contributed by atoms with E-state index in [-0.39, 0.29) is 5.91 Å². The summed E-state index contributed by atoms with van der Waals surface area (Å²) in [5.74, 6) is -0.112. The van der Waals surface area contributed by atoms with Crippen LogP contribution in [0.2, 0.25) is 0 Å². The largest absolute Gasteiger partial charge is 0.355 e. The predicted octanol–water partition coefficient (Wildman–Crippen LogP) is 0.838. The van der Waals surface area contributed by atoms with Crippen molar-refractivity contribution >= 4 is 11.6 Å². The summed E-state index contributed by atoms with van der Waals surface area (Å²) in [5.41, 5.74) is 1.46. The first-order valence-electron chi connectivity index (χ1n) is 3.28. The second-order valence-electron chi connectivity index (χ2n) is 2.25. The molecule has 11 heavy (non-hydrogen) atoms. The monoisotopic (exact) mass is 146 g/mol. The molecule has 1 amide bonds. The number of para-hydroxylation sites is 1. The van der Waals surface area contributed by atoms with Gasteiger partial charge in [0.2, 0.25) is 6.67 Å². The fourth-order valence-corrected chi connectivity index (χ4v) is 1.01. The van der Waals surface area contributed by atoms with Gasteiger partial charge >= 0.3 is 0 Å². The average molecular weight is 146 g/mol. The smallest absolute Gasteiger partial charge is 0.255 e. The lowest BCUT2D eigenvalue weighted by molar-refractivity contribution is 0.0962. The molecule has 1 aliphatic heterocycles. The van der Waals surface area contributed by atoms with E-state index in [1.807, 2.05) is 18.2 Å². The van der Waals surface area contributed by atoms with E-state index < -0.39 is 0 Å². The van der Waals surface area contributed by atoms with Crippen molar-refractivity contribution in [2.24, 2.45) is 0 Å². The summed E-state index contributed by atoms with van der Waals surface area (Å²) in [7, 11) is 0. The predicted molar refractivity (Wildman–Crippen MR) is 40.8 cm³/mol. The van der Waals surface area contributed by atoms with Crippen LogP contribution in [0.1, 0.15) is 10.4 Å². The van der Waals surface area contributed by atoms with Crippen molar-refractivity contribution in [3.8, 4) is 0 Å². The van der Waals surface area contributed by atoms with E-state index in [0.29, 0.717) is 5.56 Å². The summed E-state index contributed by atoms with van der Waals surface area (Å²) in [6.07, 6.45) is 0. The van der Waals surface area contributed by atoms with E-state index >= 15 is 0 Å². The number of hydrogen-bond acceptors (Lipinski definition) is 2. The van der Waals surface area contributed by atoms with Crippen molar-refractivity contribution in [1.29, 1.82) is 0 Å². The summed E-state index contributed by atoms with van der Waals surface area (Å²) in [6, 6.07) is 7.29. The molecule has 2 N–H and O–H groups in total. The van der Waals surface area contributed by atoms with E-state index in [1.54, 1.807) is 6.07 Å². The molecule has 1 aromatic rings. The number of carbonyl (C=O) groups is 1. The molecule has 0 fully saturated rings. The molecule has 3 heteroatoms. The molecule has 1 aliphatic rings. The van der Waals surface area contributed by atoms with E-state index in [9.17, 15) is 4.79 Å². The minimum atomic E-state index is -0.112. The Balaban J connectivity index is 2.52. The first-order chi connectivity index (χ1) is 5.38. The third kappa shape index (κ3) is 0.941. The molecule has 0 unspecified atom stereocenters. The zero-order valence-corrected chi connectivity index (χ0v) is 5.72. The van der Waals surface area contributed by atoms with Gasteiger partial charge in [-0.2, -0.15) is 0 Å². The number of benzene rings is 1. The van der Waals surface area contributed by atoms with Crippen LogP contribution in [0.15, 0.2) is 24.3 Å². The number of anilines is 1. The van der Waals surface area contributed by atoms with Gasteiger partial charge in [0.05, 0.1) is 5.56 Å². The van der Waals surface area contributed by atoms with Crippen molar-refractivity contribution < 1.29 is 4.79 Å². The quantitative estimate of drug-likeness (QED) is 0.569. The number of fused-ring (bicyclic) bond motifs is 1. The van der Waals surface area contributed by atoms with Gasteiger partial charge in [0.1, 0.15) is 0 Å². The molecule has 54 valence electrons. The van der Waals surface area contributed by atoms with Crippen LogP contribution < -0.4 is 10.6 Å². The van der Waals surface area contributed by atoms with Crippen LogP contribution in [0.3, 0.4) is 0 Å². The molecule has 1 heterocycles. The van der Waals surface area contributed by atoms with Crippen LogP contribution >= 0.6 is 0 Å². The Bertz CT molecular complexity index is 296. The van der Waals surface area contributed by atoms with Crippen LogP contribution in [-0.2, 0) is 0 Å². The highest BCUT2D eigenvalue weighted by Crippen LogP contribution is 2.17. The van der Waals surface area contributed by atoms with Crippen LogP contribution in [0.4, 0.5) is 5.69 Å². The number of hydrogen-bond donors (Lipinski definition) is 2. The highest BCUT2D eigenvalue weighted by atomic mass is 16.1. The van der Waals surface area contributed by atoms with Gasteiger partial charge in [-0.3, -0.25) is 4.79 Å². The van der Waals surface area contributed by atoms with Crippen LogP contribution in [-0.4, -0.2) is 5.91 Å². The molecular weight excluding hydrogens is 140 g/mol. The molecule has 0 atom stereocenters. The van der Waals surface area contributed by atoms with Crippen molar-refractivity contribution in [1.82, 2.24) is 5.32 Å². The molecule has 0 saturated carbocycles. The van der Waals surface area contributed by atoms with Gasteiger partial charge in [-0.25, -0.2) is 0 Å². The lowest BCUT2D eigenvalue weighted by Crippen LogP contribution is -2.29. The van der Waals surface area contributed by atoms with Crippen molar-refractivity contribution in [2.75, 3.05) is 5.32 Å². The van der Waals surface area contributed by atoms with Gasteiger partial charge in [0, 0.05) is 5.69 Å². The van der Waals surface area contributed by atoms with Crippen molar-refractivity contribution in [3.05, 3.63) is 36.5 Å². The van der Waals surface area contributed by atoms with Crippen molar-refractivity contribution in [3.63, 3.8) is 0 Å². The Kier molecular flexibility index (Phi) is 1.28. The Labute approximate surface area is 64.4 Å². The molecule has 0 aliphatic carbocycles. The Morgan fingerprint density at radius 1 is 1.18 bits per heavy atom. The minimum absolute atomic E-state index is 0.112. The molecule has 1 aromatic carbocycles. The lowest BCUT2D eigenvalue weighted by atomic mass is 10.1. The molecule has 0 saturated heterocycles. The number of rotatable bonds is 0. The SMILES string of the molecule is O=C1N[C]Nc2ccccc21. The maximum Gasteiger partial charge on any atom is 0.255 e. The highest BCUT2D eigenvalue weighted by Gasteiger charge is 2.14. The van der Waals surface area contributed by atoms with Crippen LogP contribution in [0.25, 0.3) is 0 Å². The van der Waals surface area contributed by atoms with Crippen LogP contribution in [0, 0.1) is 6.67 Å². The zero-order valence-electron chi connectivity index (χ0n) is 5.72. The summed E-state index contributed by atoms with van der Waals surface area (Å²) in [5, 5.41) is 5.25. The number of amides is 1. The van der Waals surface area contributed by atoms with Crippen LogP contribution in [0.5, 0.6) is 0 Å². The average Bonchev–Trinajstić information content (AvgIpc) is 2.06. The summed E-state index contributed by atoms with van der Waals surface area (Å²) in [6.45, 7) is 2.54. The van der Waals surface area contributed by atoms with Gasteiger partial charge < -0.3 is 10.6 Å². The molecule has 0 bridgehead atoms. The third-order valence-electron chi connectivity index (χ3n) is 1.54. The Morgan fingerprint density at radius 3 is 2.82 bits per heavy atom. The lowest BCUT2D eigenvalue weighted by Gasteiger charge is -2.15. The topological polar surface area (TPSA) is 41.1 Å². The van der Waals surface area contributed by atoms with E-state index in [4.69, 9.17) is 0 Å². The normalized spacial score (nSPS) is 14.7. The summed E-state index contributed by atoms with van der Waals surface area (Å²) < 4.78 is 0. The minimum Gasteiger partial charge on any atom is -0.355 e. The van der Waals surface area contributed by atoms with Gasteiger partial charge in [0.25, 0.3) is 5.91 Å². The summed E-state index contributed by atoms with van der Waals surface area (Å²) in [4.78, 5) is 11.1. The molecule has 0 aromatic heterocycles. The van der Waals surface area contributed by atoms with Gasteiger partial charge in [-0.15, -0.1) is 0 Å².